The van der Waals surface area contributed by atoms with Crippen LogP contribution in [-0.2, 0) is 10.5 Å². The van der Waals surface area contributed by atoms with E-state index in [1.165, 1.54) is 35.9 Å². The van der Waals surface area contributed by atoms with Crippen molar-refractivity contribution in [1.29, 1.82) is 0 Å². The maximum atomic E-state index is 15.8. The highest BCUT2D eigenvalue weighted by Gasteiger charge is 2.49. The van der Waals surface area contributed by atoms with Gasteiger partial charge in [-0.3, -0.25) is 9.69 Å². The molecule has 2 heterocycles. The average Bonchev–Trinajstić information content (AvgIpc) is 3.12. The van der Waals surface area contributed by atoms with Crippen molar-refractivity contribution in [2.45, 2.75) is 31.9 Å². The van der Waals surface area contributed by atoms with Gasteiger partial charge < -0.3 is 14.4 Å². The number of hydrogen-bond acceptors (Lipinski definition) is 4. The Morgan fingerprint density at radius 1 is 1.06 bits per heavy atom. The van der Waals surface area contributed by atoms with Crippen LogP contribution < -0.4 is 14.4 Å². The molecule has 0 bridgehead atoms. The van der Waals surface area contributed by atoms with Crippen LogP contribution in [0.1, 0.15) is 31.7 Å². The van der Waals surface area contributed by atoms with Crippen molar-refractivity contribution >= 4 is 47.2 Å². The summed E-state index contributed by atoms with van der Waals surface area (Å²) in [7, 11) is 1.58. The molecule has 0 aromatic heterocycles. The van der Waals surface area contributed by atoms with Gasteiger partial charge in [0.2, 0.25) is 5.67 Å². The van der Waals surface area contributed by atoms with Crippen LogP contribution in [0.15, 0.2) is 36.4 Å². The minimum Gasteiger partial charge on any atom is -0.493 e. The molecule has 0 radical (unpaired) electrons. The molecule has 2 aliphatic heterocycles. The Morgan fingerprint density at radius 2 is 1.79 bits per heavy atom. The molecule has 1 unspecified atom stereocenters. The molecular weight excluding hydrogens is 502 g/mol. The van der Waals surface area contributed by atoms with Gasteiger partial charge in [0.05, 0.1) is 17.2 Å². The molecule has 1 atom stereocenters. The van der Waals surface area contributed by atoms with E-state index in [-0.39, 0.29) is 36.0 Å². The number of benzene rings is 2. The van der Waals surface area contributed by atoms with E-state index in [0.29, 0.717) is 28.8 Å². The van der Waals surface area contributed by atoms with E-state index in [1.807, 2.05) is 0 Å². The van der Waals surface area contributed by atoms with Gasteiger partial charge >= 0.3 is 0 Å². The zero-order valence-electron chi connectivity index (χ0n) is 19.4. The Labute approximate surface area is 216 Å². The van der Waals surface area contributed by atoms with Crippen LogP contribution in [0, 0.1) is 5.92 Å². The quantitative estimate of drug-likeness (QED) is 0.431. The molecule has 2 aromatic carbocycles. The SMILES string of the molecule is COc1ccc(N2CCC(F)(c3ccc(Cl)c(Cl)c3)C2=O)cc1OCCN1CCC(C)CC1.Cl. The van der Waals surface area contributed by atoms with Gasteiger partial charge in [0.1, 0.15) is 6.61 Å². The highest BCUT2D eigenvalue weighted by Crippen LogP contribution is 2.42. The van der Waals surface area contributed by atoms with Crippen LogP contribution in [0.5, 0.6) is 11.5 Å². The third kappa shape index (κ3) is 5.56. The second-order valence-electron chi connectivity index (χ2n) is 8.84. The van der Waals surface area contributed by atoms with Crippen molar-refractivity contribution < 1.29 is 18.7 Å². The summed E-state index contributed by atoms with van der Waals surface area (Å²) in [5.41, 5.74) is -1.37. The van der Waals surface area contributed by atoms with Crippen molar-refractivity contribution in [1.82, 2.24) is 4.90 Å². The number of alkyl halides is 1. The minimum absolute atomic E-state index is 0. The van der Waals surface area contributed by atoms with E-state index in [1.54, 1.807) is 25.3 Å². The number of rotatable bonds is 7. The lowest BCUT2D eigenvalue weighted by atomic mass is 9.94. The van der Waals surface area contributed by atoms with Crippen molar-refractivity contribution in [3.8, 4) is 11.5 Å². The third-order valence-electron chi connectivity index (χ3n) is 6.64. The molecule has 186 valence electrons. The number of anilines is 1. The van der Waals surface area contributed by atoms with Crippen LogP contribution in [0.25, 0.3) is 0 Å². The first-order valence-electron chi connectivity index (χ1n) is 11.3. The van der Waals surface area contributed by atoms with Crippen molar-refractivity contribution in [3.05, 3.63) is 52.0 Å². The second kappa shape index (κ2) is 11.3. The van der Waals surface area contributed by atoms with Crippen LogP contribution in [-0.4, -0.2) is 50.7 Å². The van der Waals surface area contributed by atoms with Crippen LogP contribution >= 0.6 is 35.6 Å². The molecular formula is C25H30Cl3FN2O3. The number of carbonyl (C=O) groups is 1. The van der Waals surface area contributed by atoms with E-state index in [9.17, 15) is 4.79 Å². The number of ether oxygens (including phenoxy) is 2. The third-order valence-corrected chi connectivity index (χ3v) is 7.38. The molecule has 0 spiro atoms. The van der Waals surface area contributed by atoms with Gasteiger partial charge in [0, 0.05) is 36.8 Å². The molecule has 2 fully saturated rings. The maximum Gasteiger partial charge on any atom is 0.269 e. The van der Waals surface area contributed by atoms with Crippen LogP contribution in [0.3, 0.4) is 0 Å². The van der Waals surface area contributed by atoms with Gasteiger partial charge in [0.15, 0.2) is 11.5 Å². The molecule has 34 heavy (non-hydrogen) atoms. The monoisotopic (exact) mass is 530 g/mol. The van der Waals surface area contributed by atoms with E-state index in [4.69, 9.17) is 32.7 Å². The number of piperidine rings is 1. The smallest absolute Gasteiger partial charge is 0.269 e. The first kappa shape index (κ1) is 26.9. The first-order valence-corrected chi connectivity index (χ1v) is 12.1. The van der Waals surface area contributed by atoms with Crippen molar-refractivity contribution in [2.24, 2.45) is 5.92 Å². The largest absolute Gasteiger partial charge is 0.493 e. The summed E-state index contributed by atoms with van der Waals surface area (Å²) >= 11 is 12.0. The summed E-state index contributed by atoms with van der Waals surface area (Å²) in [6, 6.07) is 9.69. The van der Waals surface area contributed by atoms with Crippen LogP contribution in [0.2, 0.25) is 10.0 Å². The molecule has 0 aliphatic carbocycles. The van der Waals surface area contributed by atoms with Gasteiger partial charge in [0.25, 0.3) is 5.91 Å². The van der Waals surface area contributed by atoms with Gasteiger partial charge in [-0.15, -0.1) is 12.4 Å². The summed E-state index contributed by atoms with van der Waals surface area (Å²) < 4.78 is 27.3. The lowest BCUT2D eigenvalue weighted by Gasteiger charge is -2.30. The molecule has 9 heteroatoms. The first-order chi connectivity index (χ1) is 15.8. The fraction of sp³-hybridized carbons (Fsp3) is 0.480. The highest BCUT2D eigenvalue weighted by molar-refractivity contribution is 6.42. The van der Waals surface area contributed by atoms with Crippen LogP contribution in [0.4, 0.5) is 10.1 Å². The lowest BCUT2D eigenvalue weighted by Crippen LogP contribution is -2.36. The predicted molar refractivity (Wildman–Crippen MR) is 137 cm³/mol. The number of likely N-dealkylation sites (tertiary alicyclic amines) is 1. The van der Waals surface area contributed by atoms with Gasteiger partial charge in [-0.1, -0.05) is 36.2 Å². The summed E-state index contributed by atoms with van der Waals surface area (Å²) in [6.07, 6.45) is 2.44. The predicted octanol–water partition coefficient (Wildman–Crippen LogP) is 6.14. The molecule has 2 aliphatic rings. The Balaban J connectivity index is 0.00000324. The summed E-state index contributed by atoms with van der Waals surface area (Å²) in [6.45, 7) is 6.03. The highest BCUT2D eigenvalue weighted by atomic mass is 35.5. The molecule has 0 saturated carbocycles. The standard InChI is InChI=1S/C25H29Cl2FN2O3.ClH/c1-17-7-10-29(11-8-17)13-14-33-23-16-19(4-6-22(23)32-2)30-12-9-25(28,24(30)31)18-3-5-20(26)21(27)15-18;/h3-6,15-17H,7-14H2,1-2H3;1H. The molecule has 2 saturated heterocycles. The minimum atomic E-state index is -2.15. The fourth-order valence-electron chi connectivity index (χ4n) is 4.46. The van der Waals surface area contributed by atoms with Crippen molar-refractivity contribution in [2.75, 3.05) is 44.8 Å². The van der Waals surface area contributed by atoms with Gasteiger partial charge in [-0.05, 0) is 56.1 Å². The number of nitrogens with zero attached hydrogens (tertiary/aromatic N) is 2. The number of amides is 1. The van der Waals surface area contributed by atoms with E-state index >= 15 is 4.39 Å². The topological polar surface area (TPSA) is 42.0 Å². The normalized spacial score (nSPS) is 21.4. The summed E-state index contributed by atoms with van der Waals surface area (Å²) in [5.74, 6) is 1.27. The zero-order chi connectivity index (χ0) is 23.6. The molecule has 1 amide bonds. The molecule has 4 rings (SSSR count). The number of halogens is 4. The van der Waals surface area contributed by atoms with Gasteiger partial charge in [-0.2, -0.15) is 0 Å². The Kier molecular flexibility index (Phi) is 8.96. The van der Waals surface area contributed by atoms with E-state index in [2.05, 4.69) is 11.8 Å². The molecule has 0 N–H and O–H groups in total. The second-order valence-corrected chi connectivity index (χ2v) is 9.66. The van der Waals surface area contributed by atoms with Gasteiger partial charge in [-0.25, -0.2) is 4.39 Å². The zero-order valence-corrected chi connectivity index (χ0v) is 21.7. The number of carbonyl (C=O) groups excluding carboxylic acids is 1. The van der Waals surface area contributed by atoms with E-state index < -0.39 is 11.6 Å². The Morgan fingerprint density at radius 3 is 2.47 bits per heavy atom. The number of methoxy groups -OCH3 is 1. The molecule has 2 aromatic rings. The van der Waals surface area contributed by atoms with E-state index in [0.717, 1.165) is 25.6 Å². The lowest BCUT2D eigenvalue weighted by molar-refractivity contribution is -0.127. The van der Waals surface area contributed by atoms with Crippen molar-refractivity contribution in [3.63, 3.8) is 0 Å². The Hall–Kier alpha value is -1.73. The number of hydrogen-bond donors (Lipinski definition) is 0. The maximum absolute atomic E-state index is 15.8. The summed E-state index contributed by atoms with van der Waals surface area (Å²) in [5, 5.41) is 0.545. The fourth-order valence-corrected chi connectivity index (χ4v) is 4.76. The Bertz CT molecular complexity index is 1020. The summed E-state index contributed by atoms with van der Waals surface area (Å²) in [4.78, 5) is 17.0. The average molecular weight is 532 g/mol. The molecule has 5 nitrogen and oxygen atoms in total.